The number of ether oxygens (including phenoxy) is 1. The van der Waals surface area contributed by atoms with E-state index < -0.39 is 0 Å². The van der Waals surface area contributed by atoms with Gasteiger partial charge in [-0.25, -0.2) is 0 Å². The van der Waals surface area contributed by atoms with Crippen LogP contribution in [0, 0.1) is 11.8 Å². The van der Waals surface area contributed by atoms with Crippen LogP contribution in [0.25, 0.3) is 0 Å². The standard InChI is InChI=1S/C12H19NO3S/c14-11-9-2-1-3-10(8-9)12(15)13(11)4-5-16-6-7-17/h9-10,17H,1-8H2. The third-order valence-corrected chi connectivity index (χ3v) is 3.78. The number of carbonyl (C=O) groups is 2. The summed E-state index contributed by atoms with van der Waals surface area (Å²) in [7, 11) is 0. The highest BCUT2D eigenvalue weighted by Gasteiger charge is 2.42. The Morgan fingerprint density at radius 3 is 2.41 bits per heavy atom. The molecule has 0 aromatic heterocycles. The zero-order valence-electron chi connectivity index (χ0n) is 9.93. The zero-order chi connectivity index (χ0) is 12.3. The molecule has 2 fully saturated rings. The minimum absolute atomic E-state index is 0.0143. The van der Waals surface area contributed by atoms with E-state index in [0.29, 0.717) is 25.5 Å². The summed E-state index contributed by atoms with van der Waals surface area (Å²) in [5, 5.41) is 0. The van der Waals surface area contributed by atoms with Crippen LogP contribution in [0.4, 0.5) is 0 Å². The van der Waals surface area contributed by atoms with E-state index in [1.807, 2.05) is 0 Å². The number of amides is 2. The molecule has 1 heterocycles. The van der Waals surface area contributed by atoms with Gasteiger partial charge in [0.25, 0.3) is 0 Å². The fraction of sp³-hybridized carbons (Fsp3) is 0.833. The van der Waals surface area contributed by atoms with Crippen molar-refractivity contribution in [3.05, 3.63) is 0 Å². The van der Waals surface area contributed by atoms with Gasteiger partial charge in [0, 0.05) is 17.6 Å². The zero-order valence-corrected chi connectivity index (χ0v) is 10.8. The molecule has 4 nitrogen and oxygen atoms in total. The SMILES string of the molecule is O=C1C2CCCC(C2)C(=O)N1CCOCCS. The second-order valence-electron chi connectivity index (χ2n) is 4.72. The van der Waals surface area contributed by atoms with Gasteiger partial charge in [0.1, 0.15) is 0 Å². The van der Waals surface area contributed by atoms with Gasteiger partial charge in [0.05, 0.1) is 19.8 Å². The summed E-state index contributed by atoms with van der Waals surface area (Å²) in [6.45, 7) is 1.39. The molecule has 1 aliphatic carbocycles. The molecule has 2 amide bonds. The Labute approximate surface area is 107 Å². The first kappa shape index (κ1) is 12.9. The van der Waals surface area contributed by atoms with Gasteiger partial charge < -0.3 is 4.74 Å². The van der Waals surface area contributed by atoms with E-state index in [1.165, 1.54) is 4.90 Å². The fourth-order valence-electron chi connectivity index (χ4n) is 2.73. The number of rotatable bonds is 5. The predicted octanol–water partition coefficient (Wildman–Crippen LogP) is 1.11. The Hall–Kier alpha value is -0.550. The Bertz CT molecular complexity index is 286. The predicted molar refractivity (Wildman–Crippen MR) is 66.8 cm³/mol. The molecular formula is C12H19NO3S. The maximum absolute atomic E-state index is 12.0. The lowest BCUT2D eigenvalue weighted by atomic mass is 9.77. The average Bonchev–Trinajstić information content (AvgIpc) is 2.36. The molecule has 0 aromatic rings. The molecule has 2 unspecified atom stereocenters. The molecular weight excluding hydrogens is 238 g/mol. The van der Waals surface area contributed by atoms with Crippen LogP contribution in [0.2, 0.25) is 0 Å². The summed E-state index contributed by atoms with van der Waals surface area (Å²) in [5.74, 6) is 0.848. The highest BCUT2D eigenvalue weighted by molar-refractivity contribution is 7.80. The number of carbonyl (C=O) groups excluding carboxylic acids is 2. The normalized spacial score (nSPS) is 28.6. The summed E-state index contributed by atoms with van der Waals surface area (Å²) in [6, 6.07) is 0. The monoisotopic (exact) mass is 257 g/mol. The number of likely N-dealkylation sites (tertiary alicyclic amines) is 1. The summed E-state index contributed by atoms with van der Waals surface area (Å²) in [4.78, 5) is 25.5. The highest BCUT2D eigenvalue weighted by Crippen LogP contribution is 2.35. The van der Waals surface area contributed by atoms with E-state index in [-0.39, 0.29) is 23.7 Å². The summed E-state index contributed by atoms with van der Waals surface area (Å²) in [6.07, 6.45) is 3.66. The largest absolute Gasteiger partial charge is 0.379 e. The van der Waals surface area contributed by atoms with Crippen LogP contribution in [-0.4, -0.2) is 42.2 Å². The van der Waals surface area contributed by atoms with Crippen molar-refractivity contribution in [1.29, 1.82) is 0 Å². The fourth-order valence-corrected chi connectivity index (χ4v) is 2.86. The van der Waals surface area contributed by atoms with Gasteiger partial charge in [-0.3, -0.25) is 14.5 Å². The quantitative estimate of drug-likeness (QED) is 0.456. The van der Waals surface area contributed by atoms with E-state index in [9.17, 15) is 9.59 Å². The third kappa shape index (κ3) is 2.83. The van der Waals surface area contributed by atoms with Crippen molar-refractivity contribution in [2.24, 2.45) is 11.8 Å². The highest BCUT2D eigenvalue weighted by atomic mass is 32.1. The van der Waals surface area contributed by atoms with Crippen molar-refractivity contribution in [1.82, 2.24) is 4.90 Å². The maximum Gasteiger partial charge on any atom is 0.232 e. The first-order chi connectivity index (χ1) is 8.24. The number of hydrogen-bond donors (Lipinski definition) is 1. The molecule has 0 radical (unpaired) electrons. The molecule has 0 N–H and O–H groups in total. The lowest BCUT2D eigenvalue weighted by Gasteiger charge is -2.38. The van der Waals surface area contributed by atoms with Crippen molar-refractivity contribution in [3.63, 3.8) is 0 Å². The average molecular weight is 257 g/mol. The minimum Gasteiger partial charge on any atom is -0.379 e. The van der Waals surface area contributed by atoms with Gasteiger partial charge in [-0.1, -0.05) is 6.42 Å². The van der Waals surface area contributed by atoms with Crippen LogP contribution in [-0.2, 0) is 14.3 Å². The molecule has 1 saturated heterocycles. The molecule has 2 bridgehead atoms. The molecule has 0 aromatic carbocycles. The lowest BCUT2D eigenvalue weighted by molar-refractivity contribution is -0.158. The second kappa shape index (κ2) is 5.87. The lowest BCUT2D eigenvalue weighted by Crippen LogP contribution is -2.52. The summed E-state index contributed by atoms with van der Waals surface area (Å²) in [5.41, 5.74) is 0. The van der Waals surface area contributed by atoms with Crippen LogP contribution in [0.3, 0.4) is 0 Å². The van der Waals surface area contributed by atoms with Gasteiger partial charge in [0.2, 0.25) is 11.8 Å². The Morgan fingerprint density at radius 1 is 1.18 bits per heavy atom. The van der Waals surface area contributed by atoms with Gasteiger partial charge in [0.15, 0.2) is 0 Å². The topological polar surface area (TPSA) is 46.6 Å². The molecule has 96 valence electrons. The van der Waals surface area contributed by atoms with E-state index in [4.69, 9.17) is 4.74 Å². The van der Waals surface area contributed by atoms with Crippen LogP contribution >= 0.6 is 12.6 Å². The molecule has 1 aliphatic heterocycles. The molecule has 2 aliphatic rings. The van der Waals surface area contributed by atoms with Crippen LogP contribution in [0.5, 0.6) is 0 Å². The first-order valence-corrected chi connectivity index (χ1v) is 6.91. The Kier molecular flexibility index (Phi) is 4.45. The number of piperidine rings is 1. The van der Waals surface area contributed by atoms with Crippen molar-refractivity contribution < 1.29 is 14.3 Å². The molecule has 5 heteroatoms. The van der Waals surface area contributed by atoms with Gasteiger partial charge >= 0.3 is 0 Å². The molecule has 2 atom stereocenters. The van der Waals surface area contributed by atoms with E-state index >= 15 is 0 Å². The summed E-state index contributed by atoms with van der Waals surface area (Å²) >= 11 is 4.04. The third-order valence-electron chi connectivity index (χ3n) is 3.60. The van der Waals surface area contributed by atoms with E-state index in [0.717, 1.165) is 25.7 Å². The van der Waals surface area contributed by atoms with Crippen molar-refractivity contribution in [3.8, 4) is 0 Å². The minimum atomic E-state index is 0.0143. The smallest absolute Gasteiger partial charge is 0.232 e. The molecule has 1 saturated carbocycles. The number of fused-ring (bicyclic) bond motifs is 2. The Morgan fingerprint density at radius 2 is 1.82 bits per heavy atom. The van der Waals surface area contributed by atoms with Crippen molar-refractivity contribution in [2.75, 3.05) is 25.5 Å². The molecule has 2 rings (SSSR count). The van der Waals surface area contributed by atoms with Gasteiger partial charge in [-0.2, -0.15) is 12.6 Å². The number of imide groups is 1. The van der Waals surface area contributed by atoms with Gasteiger partial charge in [-0.15, -0.1) is 0 Å². The van der Waals surface area contributed by atoms with Crippen molar-refractivity contribution in [2.45, 2.75) is 25.7 Å². The summed E-state index contributed by atoms with van der Waals surface area (Å²) < 4.78 is 5.28. The van der Waals surface area contributed by atoms with E-state index in [1.54, 1.807) is 0 Å². The number of nitrogens with zero attached hydrogens (tertiary/aromatic N) is 1. The first-order valence-electron chi connectivity index (χ1n) is 6.28. The van der Waals surface area contributed by atoms with Crippen molar-refractivity contribution >= 4 is 24.4 Å². The van der Waals surface area contributed by atoms with Crippen LogP contribution in [0.1, 0.15) is 25.7 Å². The number of thiol groups is 1. The van der Waals surface area contributed by atoms with E-state index in [2.05, 4.69) is 12.6 Å². The van der Waals surface area contributed by atoms with Gasteiger partial charge in [-0.05, 0) is 19.3 Å². The Balaban J connectivity index is 1.90. The second-order valence-corrected chi connectivity index (χ2v) is 5.17. The molecule has 17 heavy (non-hydrogen) atoms. The number of hydrogen-bond acceptors (Lipinski definition) is 4. The van der Waals surface area contributed by atoms with Crippen LogP contribution in [0.15, 0.2) is 0 Å². The van der Waals surface area contributed by atoms with Crippen LogP contribution < -0.4 is 0 Å². The maximum atomic E-state index is 12.0. The molecule has 0 spiro atoms.